The molecule has 0 amide bonds. The topological polar surface area (TPSA) is 66.6 Å². The van der Waals surface area contributed by atoms with Gasteiger partial charge in [-0.3, -0.25) is 4.90 Å². The smallest absolute Gasteiger partial charge is 0.355 e. The number of rotatable bonds is 4. The normalized spacial score (nSPS) is 18.9. The Kier molecular flexibility index (Phi) is 4.08. The maximum absolute atomic E-state index is 11.0. The van der Waals surface area contributed by atoms with Crippen molar-refractivity contribution in [1.82, 2.24) is 9.88 Å². The number of furan rings is 1. The van der Waals surface area contributed by atoms with Crippen LogP contribution < -0.4 is 0 Å². The molecule has 4 rings (SSSR count). The second-order valence-corrected chi connectivity index (χ2v) is 7.09. The van der Waals surface area contributed by atoms with Crippen molar-refractivity contribution < 1.29 is 14.3 Å². The zero-order chi connectivity index (χ0) is 16.5. The summed E-state index contributed by atoms with van der Waals surface area (Å²) < 4.78 is 5.91. The lowest BCUT2D eigenvalue weighted by atomic mass is 9.98. The minimum atomic E-state index is -0.951. The van der Waals surface area contributed by atoms with E-state index < -0.39 is 5.97 Å². The number of likely N-dealkylation sites (tertiary alicyclic amines) is 1. The minimum Gasteiger partial charge on any atom is -0.476 e. The van der Waals surface area contributed by atoms with Gasteiger partial charge in [-0.1, -0.05) is 18.2 Å². The molecule has 1 unspecified atom stereocenters. The van der Waals surface area contributed by atoms with Gasteiger partial charge in [-0.2, -0.15) is 0 Å². The SMILES string of the molecule is O=C(O)c1csc(C2CCCN(Cc3cc4ccccc4o3)C2)n1. The van der Waals surface area contributed by atoms with E-state index in [1.807, 2.05) is 18.2 Å². The van der Waals surface area contributed by atoms with Crippen LogP contribution in [-0.2, 0) is 6.54 Å². The molecule has 1 fully saturated rings. The summed E-state index contributed by atoms with van der Waals surface area (Å²) in [5.74, 6) is 0.330. The number of aromatic carboxylic acids is 1. The minimum absolute atomic E-state index is 0.157. The van der Waals surface area contributed by atoms with Crippen molar-refractivity contribution in [1.29, 1.82) is 0 Å². The highest BCUT2D eigenvalue weighted by Gasteiger charge is 2.25. The van der Waals surface area contributed by atoms with Crippen LogP contribution in [0, 0.1) is 0 Å². The molecule has 6 heteroatoms. The lowest BCUT2D eigenvalue weighted by Gasteiger charge is -2.31. The summed E-state index contributed by atoms with van der Waals surface area (Å²) in [5, 5.41) is 12.7. The summed E-state index contributed by atoms with van der Waals surface area (Å²) in [5.41, 5.74) is 1.08. The number of carbonyl (C=O) groups is 1. The van der Waals surface area contributed by atoms with Gasteiger partial charge >= 0.3 is 5.97 Å². The number of fused-ring (bicyclic) bond motifs is 1. The highest BCUT2D eigenvalue weighted by molar-refractivity contribution is 7.09. The molecule has 3 aromatic rings. The molecule has 1 saturated heterocycles. The molecule has 124 valence electrons. The number of aromatic nitrogens is 1. The van der Waals surface area contributed by atoms with Gasteiger partial charge in [0.1, 0.15) is 11.3 Å². The van der Waals surface area contributed by atoms with Crippen LogP contribution in [0.3, 0.4) is 0 Å². The molecule has 5 nitrogen and oxygen atoms in total. The third-order valence-electron chi connectivity index (χ3n) is 4.45. The second kappa shape index (κ2) is 6.37. The van der Waals surface area contributed by atoms with Gasteiger partial charge in [0.25, 0.3) is 0 Å². The summed E-state index contributed by atoms with van der Waals surface area (Å²) >= 11 is 1.45. The first-order valence-corrected chi connectivity index (χ1v) is 8.95. The maximum Gasteiger partial charge on any atom is 0.355 e. The van der Waals surface area contributed by atoms with Crippen molar-refractivity contribution in [3.05, 3.63) is 52.2 Å². The first-order valence-electron chi connectivity index (χ1n) is 8.07. The molecule has 3 heterocycles. The number of hydrogen-bond acceptors (Lipinski definition) is 5. The molecule has 1 atom stereocenters. The van der Waals surface area contributed by atoms with Gasteiger partial charge in [-0.15, -0.1) is 11.3 Å². The number of hydrogen-bond donors (Lipinski definition) is 1. The molecule has 0 spiro atoms. The maximum atomic E-state index is 11.0. The largest absolute Gasteiger partial charge is 0.476 e. The molecule has 1 aromatic carbocycles. The number of carboxylic acids is 1. The average molecular weight is 342 g/mol. The predicted molar refractivity (Wildman–Crippen MR) is 92.5 cm³/mol. The fourth-order valence-electron chi connectivity index (χ4n) is 3.31. The fraction of sp³-hybridized carbons (Fsp3) is 0.333. The Bertz CT molecular complexity index is 837. The van der Waals surface area contributed by atoms with Crippen molar-refractivity contribution in [2.24, 2.45) is 0 Å². The number of para-hydroxylation sites is 1. The van der Waals surface area contributed by atoms with Gasteiger partial charge in [0.2, 0.25) is 0 Å². The third-order valence-corrected chi connectivity index (χ3v) is 5.46. The van der Waals surface area contributed by atoms with Gasteiger partial charge in [-0.25, -0.2) is 9.78 Å². The Morgan fingerprint density at radius 3 is 3.08 bits per heavy atom. The zero-order valence-electron chi connectivity index (χ0n) is 13.1. The van der Waals surface area contributed by atoms with Crippen LogP contribution in [0.4, 0.5) is 0 Å². The standard InChI is InChI=1S/C18H18N2O3S/c21-18(22)15-11-24-17(19-15)13-5-3-7-20(9-13)10-14-8-12-4-1-2-6-16(12)23-14/h1-2,4,6,8,11,13H,3,5,7,9-10H2,(H,21,22). The molecule has 0 radical (unpaired) electrons. The molecule has 24 heavy (non-hydrogen) atoms. The Hall–Kier alpha value is -2.18. The molecule has 0 saturated carbocycles. The zero-order valence-corrected chi connectivity index (χ0v) is 14.0. The molecular formula is C18H18N2O3S. The number of piperidine rings is 1. The Labute approximate surface area is 143 Å². The number of thiazole rings is 1. The van der Waals surface area contributed by atoms with Crippen LogP contribution in [0.25, 0.3) is 11.0 Å². The number of nitrogens with zero attached hydrogens (tertiary/aromatic N) is 2. The molecule has 0 aliphatic carbocycles. The lowest BCUT2D eigenvalue weighted by molar-refractivity contribution is 0.0691. The quantitative estimate of drug-likeness (QED) is 0.777. The van der Waals surface area contributed by atoms with Gasteiger partial charge in [0.15, 0.2) is 5.69 Å². The highest BCUT2D eigenvalue weighted by atomic mass is 32.1. The Morgan fingerprint density at radius 2 is 2.29 bits per heavy atom. The summed E-state index contributed by atoms with van der Waals surface area (Å²) in [6, 6.07) is 10.1. The van der Waals surface area contributed by atoms with Crippen LogP contribution in [0.15, 0.2) is 40.1 Å². The second-order valence-electron chi connectivity index (χ2n) is 6.20. The van der Waals surface area contributed by atoms with E-state index in [1.54, 1.807) is 5.38 Å². The van der Waals surface area contributed by atoms with E-state index in [9.17, 15) is 4.79 Å². The fourth-order valence-corrected chi connectivity index (χ4v) is 4.23. The molecule has 1 N–H and O–H groups in total. The van der Waals surface area contributed by atoms with Crippen LogP contribution in [0.5, 0.6) is 0 Å². The van der Waals surface area contributed by atoms with Crippen molar-refractivity contribution in [2.45, 2.75) is 25.3 Å². The van der Waals surface area contributed by atoms with Crippen molar-refractivity contribution in [3.8, 4) is 0 Å². The summed E-state index contributed by atoms with van der Waals surface area (Å²) in [6.45, 7) is 2.71. The van der Waals surface area contributed by atoms with E-state index >= 15 is 0 Å². The van der Waals surface area contributed by atoms with E-state index in [0.717, 1.165) is 54.2 Å². The highest BCUT2D eigenvalue weighted by Crippen LogP contribution is 2.30. The van der Waals surface area contributed by atoms with Gasteiger partial charge in [-0.05, 0) is 31.5 Å². The predicted octanol–water partition coefficient (Wildman–Crippen LogP) is 3.97. The van der Waals surface area contributed by atoms with E-state index in [0.29, 0.717) is 5.92 Å². The summed E-state index contributed by atoms with van der Waals surface area (Å²) in [7, 11) is 0. The van der Waals surface area contributed by atoms with Crippen LogP contribution >= 0.6 is 11.3 Å². The molecule has 2 aromatic heterocycles. The molecule has 1 aliphatic heterocycles. The number of benzene rings is 1. The lowest BCUT2D eigenvalue weighted by Crippen LogP contribution is -2.33. The van der Waals surface area contributed by atoms with Crippen LogP contribution in [-0.4, -0.2) is 34.0 Å². The van der Waals surface area contributed by atoms with Gasteiger partial charge < -0.3 is 9.52 Å². The van der Waals surface area contributed by atoms with E-state index in [1.165, 1.54) is 11.3 Å². The summed E-state index contributed by atoms with van der Waals surface area (Å²) in [4.78, 5) is 17.7. The summed E-state index contributed by atoms with van der Waals surface area (Å²) in [6.07, 6.45) is 2.15. The first kappa shape index (κ1) is 15.4. The molecular weight excluding hydrogens is 324 g/mol. The van der Waals surface area contributed by atoms with Gasteiger partial charge in [0, 0.05) is 23.2 Å². The van der Waals surface area contributed by atoms with E-state index in [4.69, 9.17) is 9.52 Å². The molecule has 1 aliphatic rings. The van der Waals surface area contributed by atoms with Crippen LogP contribution in [0.1, 0.15) is 40.0 Å². The van der Waals surface area contributed by atoms with Crippen LogP contribution in [0.2, 0.25) is 0 Å². The van der Waals surface area contributed by atoms with Crippen molar-refractivity contribution in [2.75, 3.05) is 13.1 Å². The average Bonchev–Trinajstić information content (AvgIpc) is 3.21. The van der Waals surface area contributed by atoms with E-state index in [-0.39, 0.29) is 5.69 Å². The number of carboxylic acid groups (broad SMARTS) is 1. The first-order chi connectivity index (χ1) is 11.7. The van der Waals surface area contributed by atoms with E-state index in [2.05, 4.69) is 22.0 Å². The Morgan fingerprint density at radius 1 is 1.42 bits per heavy atom. The third kappa shape index (κ3) is 3.07. The monoisotopic (exact) mass is 342 g/mol. The van der Waals surface area contributed by atoms with Crippen molar-refractivity contribution >= 4 is 28.3 Å². The Balaban J connectivity index is 1.47. The van der Waals surface area contributed by atoms with Crippen molar-refractivity contribution in [3.63, 3.8) is 0 Å². The molecule has 0 bridgehead atoms. The van der Waals surface area contributed by atoms with Gasteiger partial charge in [0.05, 0.1) is 11.6 Å².